The van der Waals surface area contributed by atoms with Crippen molar-refractivity contribution in [3.8, 4) is 11.1 Å². The van der Waals surface area contributed by atoms with Crippen LogP contribution < -0.4 is 5.32 Å². The van der Waals surface area contributed by atoms with E-state index in [1.54, 1.807) is 12.4 Å². The van der Waals surface area contributed by atoms with Crippen molar-refractivity contribution >= 4 is 22.9 Å². The van der Waals surface area contributed by atoms with Gasteiger partial charge in [0, 0.05) is 18.0 Å². The largest absolute Gasteiger partial charge is 0.345 e. The third kappa shape index (κ3) is 3.01. The van der Waals surface area contributed by atoms with Gasteiger partial charge in [0.25, 0.3) is 0 Å². The van der Waals surface area contributed by atoms with Crippen LogP contribution in [0.4, 0.5) is 5.82 Å². The molecule has 24 heavy (non-hydrogen) atoms. The van der Waals surface area contributed by atoms with Crippen molar-refractivity contribution in [3.05, 3.63) is 78.9 Å². The zero-order valence-corrected chi connectivity index (χ0v) is 12.8. The number of H-pyrrole nitrogens is 1. The van der Waals surface area contributed by atoms with Gasteiger partial charge in [-0.2, -0.15) is 5.10 Å². The van der Waals surface area contributed by atoms with E-state index in [0.29, 0.717) is 5.82 Å². The van der Waals surface area contributed by atoms with Crippen LogP contribution in [-0.2, 0) is 0 Å². The van der Waals surface area contributed by atoms with E-state index in [1.165, 1.54) is 0 Å². The van der Waals surface area contributed by atoms with E-state index in [4.69, 9.17) is 0 Å². The summed E-state index contributed by atoms with van der Waals surface area (Å²) in [6.45, 7) is 0. The van der Waals surface area contributed by atoms with E-state index in [-0.39, 0.29) is 0 Å². The van der Waals surface area contributed by atoms with Crippen LogP contribution in [0.3, 0.4) is 0 Å². The molecule has 4 aromatic rings. The summed E-state index contributed by atoms with van der Waals surface area (Å²) >= 11 is 0. The molecule has 5 nitrogen and oxygen atoms in total. The van der Waals surface area contributed by atoms with Gasteiger partial charge in [0.1, 0.15) is 5.82 Å². The highest BCUT2D eigenvalue weighted by molar-refractivity contribution is 5.82. The van der Waals surface area contributed by atoms with Gasteiger partial charge in [-0.1, -0.05) is 36.4 Å². The predicted octanol–water partition coefficient (Wildman–Crippen LogP) is 4.10. The Balaban J connectivity index is 1.55. The lowest BCUT2D eigenvalue weighted by Gasteiger charge is -2.04. The van der Waals surface area contributed by atoms with E-state index in [1.807, 2.05) is 67.0 Å². The third-order valence-corrected chi connectivity index (χ3v) is 3.68. The van der Waals surface area contributed by atoms with Crippen LogP contribution in [0.1, 0.15) is 5.56 Å². The lowest BCUT2D eigenvalue weighted by Crippen LogP contribution is -1.94. The third-order valence-electron chi connectivity index (χ3n) is 3.68. The molecule has 2 heterocycles. The molecular weight excluding hydrogens is 298 g/mol. The van der Waals surface area contributed by atoms with E-state index < -0.39 is 0 Å². The van der Waals surface area contributed by atoms with Gasteiger partial charge in [0.15, 0.2) is 0 Å². The Labute approximate surface area is 139 Å². The van der Waals surface area contributed by atoms with Gasteiger partial charge in [0.05, 0.1) is 23.4 Å². The van der Waals surface area contributed by atoms with Crippen molar-refractivity contribution in [2.45, 2.75) is 0 Å². The van der Waals surface area contributed by atoms with Gasteiger partial charge in [-0.25, -0.2) is 4.98 Å². The average molecular weight is 313 g/mol. The number of hydrogen-bond donors (Lipinski definition) is 2. The molecule has 0 unspecified atom stereocenters. The zero-order valence-electron chi connectivity index (χ0n) is 12.8. The topological polar surface area (TPSA) is 66.5 Å². The normalized spacial score (nSPS) is 11.2. The smallest absolute Gasteiger partial charge is 0.149 e. The Kier molecular flexibility index (Phi) is 3.73. The minimum absolute atomic E-state index is 0.714. The van der Waals surface area contributed by atoms with Crippen LogP contribution in [-0.4, -0.2) is 20.2 Å². The van der Waals surface area contributed by atoms with E-state index in [2.05, 4.69) is 25.5 Å². The van der Waals surface area contributed by atoms with Crippen molar-refractivity contribution in [3.63, 3.8) is 0 Å². The fourth-order valence-electron chi connectivity index (χ4n) is 2.46. The van der Waals surface area contributed by atoms with Crippen LogP contribution in [0.25, 0.3) is 28.2 Å². The first-order valence-electron chi connectivity index (χ1n) is 7.62. The maximum Gasteiger partial charge on any atom is 0.149 e. The van der Waals surface area contributed by atoms with Crippen LogP contribution >= 0.6 is 0 Å². The van der Waals surface area contributed by atoms with Crippen molar-refractivity contribution in [1.82, 2.24) is 20.2 Å². The Bertz CT molecular complexity index is 975. The SMILES string of the molecule is C(=Cc1ccccc1)Nc1cnc2cc(-c3cn[nH]c3)ccc2n1. The number of nitrogens with zero attached hydrogens (tertiary/aromatic N) is 3. The van der Waals surface area contributed by atoms with Crippen molar-refractivity contribution in [2.75, 3.05) is 5.32 Å². The maximum atomic E-state index is 4.58. The fourth-order valence-corrected chi connectivity index (χ4v) is 2.46. The molecule has 0 atom stereocenters. The number of aromatic amines is 1. The summed E-state index contributed by atoms with van der Waals surface area (Å²) in [6.07, 6.45) is 9.24. The molecule has 0 aliphatic heterocycles. The molecule has 2 N–H and O–H groups in total. The van der Waals surface area contributed by atoms with E-state index in [0.717, 1.165) is 27.7 Å². The Hall–Kier alpha value is -3.47. The molecule has 2 aromatic heterocycles. The Morgan fingerprint density at radius 3 is 2.67 bits per heavy atom. The first-order chi connectivity index (χ1) is 11.9. The monoisotopic (exact) mass is 313 g/mol. The molecule has 0 saturated carbocycles. The fraction of sp³-hybridized carbons (Fsp3) is 0. The van der Waals surface area contributed by atoms with Crippen LogP contribution in [0, 0.1) is 0 Å². The molecule has 0 saturated heterocycles. The lowest BCUT2D eigenvalue weighted by atomic mass is 10.1. The van der Waals surface area contributed by atoms with Crippen LogP contribution in [0.15, 0.2) is 73.3 Å². The molecule has 0 fully saturated rings. The molecule has 5 heteroatoms. The number of fused-ring (bicyclic) bond motifs is 1. The van der Waals surface area contributed by atoms with Gasteiger partial charge in [-0.3, -0.25) is 10.1 Å². The second-order valence-corrected chi connectivity index (χ2v) is 5.33. The quantitative estimate of drug-likeness (QED) is 0.595. The summed E-state index contributed by atoms with van der Waals surface area (Å²) in [6, 6.07) is 16.1. The molecule has 0 radical (unpaired) electrons. The van der Waals surface area contributed by atoms with Crippen LogP contribution in [0.5, 0.6) is 0 Å². The zero-order chi connectivity index (χ0) is 16.2. The molecule has 4 rings (SSSR count). The molecule has 0 aliphatic carbocycles. The number of benzene rings is 2. The predicted molar refractivity (Wildman–Crippen MR) is 96.2 cm³/mol. The number of rotatable bonds is 4. The van der Waals surface area contributed by atoms with Crippen molar-refractivity contribution in [1.29, 1.82) is 0 Å². The number of hydrogen-bond acceptors (Lipinski definition) is 4. The van der Waals surface area contributed by atoms with E-state index >= 15 is 0 Å². The highest BCUT2D eigenvalue weighted by Gasteiger charge is 2.03. The second kappa shape index (κ2) is 6.34. The minimum Gasteiger partial charge on any atom is -0.345 e. The summed E-state index contributed by atoms with van der Waals surface area (Å²) < 4.78 is 0. The van der Waals surface area contributed by atoms with Gasteiger partial charge < -0.3 is 5.32 Å². The van der Waals surface area contributed by atoms with Crippen molar-refractivity contribution < 1.29 is 0 Å². The molecule has 116 valence electrons. The summed E-state index contributed by atoms with van der Waals surface area (Å²) in [7, 11) is 0. The van der Waals surface area contributed by atoms with Gasteiger partial charge in [-0.05, 0) is 29.3 Å². The molecule has 0 bridgehead atoms. The van der Waals surface area contributed by atoms with Gasteiger partial charge >= 0.3 is 0 Å². The summed E-state index contributed by atoms with van der Waals surface area (Å²) in [5, 5.41) is 9.95. The average Bonchev–Trinajstić information content (AvgIpc) is 3.17. The highest BCUT2D eigenvalue weighted by Crippen LogP contribution is 2.22. The van der Waals surface area contributed by atoms with Gasteiger partial charge in [-0.15, -0.1) is 0 Å². The van der Waals surface area contributed by atoms with Gasteiger partial charge in [0.2, 0.25) is 0 Å². The minimum atomic E-state index is 0.714. The first kappa shape index (κ1) is 14.1. The second-order valence-electron chi connectivity index (χ2n) is 5.33. The molecule has 0 aliphatic rings. The molecule has 0 amide bonds. The summed E-state index contributed by atoms with van der Waals surface area (Å²) in [5.41, 5.74) is 4.93. The number of nitrogens with one attached hydrogen (secondary N) is 2. The first-order valence-corrected chi connectivity index (χ1v) is 7.62. The molecule has 0 spiro atoms. The standard InChI is InChI=1S/C19H15N5/c1-2-4-14(5-3-1)8-9-20-19-13-21-18-10-15(6-7-17(18)24-19)16-11-22-23-12-16/h1-13H,(H,20,24)(H,22,23). The Morgan fingerprint density at radius 2 is 1.83 bits per heavy atom. The maximum absolute atomic E-state index is 4.58. The Morgan fingerprint density at radius 1 is 0.917 bits per heavy atom. The van der Waals surface area contributed by atoms with E-state index in [9.17, 15) is 0 Å². The number of aromatic nitrogens is 4. The van der Waals surface area contributed by atoms with Crippen LogP contribution in [0.2, 0.25) is 0 Å². The lowest BCUT2D eigenvalue weighted by molar-refractivity contribution is 1.09. The number of anilines is 1. The summed E-state index contributed by atoms with van der Waals surface area (Å²) in [5.74, 6) is 0.714. The summed E-state index contributed by atoms with van der Waals surface area (Å²) in [4.78, 5) is 9.07. The molecule has 2 aromatic carbocycles. The van der Waals surface area contributed by atoms with Crippen molar-refractivity contribution in [2.24, 2.45) is 0 Å². The molecular formula is C19H15N5. The highest BCUT2D eigenvalue weighted by atomic mass is 15.1.